The maximum atomic E-state index is 5.35. The van der Waals surface area contributed by atoms with E-state index in [-0.39, 0.29) is 0 Å². The van der Waals surface area contributed by atoms with Crippen LogP contribution in [0.4, 0.5) is 0 Å². The van der Waals surface area contributed by atoms with E-state index < -0.39 is 0 Å². The molecule has 1 aliphatic heterocycles. The van der Waals surface area contributed by atoms with E-state index in [4.69, 9.17) is 4.74 Å². The Labute approximate surface area is 101 Å². The summed E-state index contributed by atoms with van der Waals surface area (Å²) >= 11 is 0. The predicted molar refractivity (Wildman–Crippen MR) is 69.8 cm³/mol. The standard InChI is InChI=1S/C14H29NO/c1-2-3-4-5-6-7-10-15-13-14-8-11-16-12-9-14/h14-15H,2-13H2,1H3. The van der Waals surface area contributed by atoms with Crippen molar-refractivity contribution in [1.29, 1.82) is 0 Å². The SMILES string of the molecule is CCCCCCCCNCC1CCOCC1. The summed E-state index contributed by atoms with van der Waals surface area (Å²) in [5.41, 5.74) is 0. The normalized spacial score (nSPS) is 17.8. The van der Waals surface area contributed by atoms with Crippen molar-refractivity contribution in [3.63, 3.8) is 0 Å². The van der Waals surface area contributed by atoms with Gasteiger partial charge in [-0.15, -0.1) is 0 Å². The van der Waals surface area contributed by atoms with Crippen LogP contribution in [0.1, 0.15) is 58.3 Å². The largest absolute Gasteiger partial charge is 0.381 e. The molecule has 0 aromatic carbocycles. The number of nitrogens with one attached hydrogen (secondary N) is 1. The van der Waals surface area contributed by atoms with Crippen molar-refractivity contribution in [3.05, 3.63) is 0 Å². The van der Waals surface area contributed by atoms with E-state index in [1.807, 2.05) is 0 Å². The van der Waals surface area contributed by atoms with E-state index in [0.717, 1.165) is 19.1 Å². The number of hydrogen-bond acceptors (Lipinski definition) is 2. The molecule has 1 heterocycles. The first-order valence-electron chi connectivity index (χ1n) is 7.22. The maximum Gasteiger partial charge on any atom is 0.0469 e. The number of unbranched alkanes of at least 4 members (excludes halogenated alkanes) is 5. The summed E-state index contributed by atoms with van der Waals surface area (Å²) in [6.07, 6.45) is 10.9. The zero-order valence-electron chi connectivity index (χ0n) is 11.0. The second-order valence-electron chi connectivity index (χ2n) is 5.03. The highest BCUT2D eigenvalue weighted by molar-refractivity contribution is 4.65. The van der Waals surface area contributed by atoms with Crippen molar-refractivity contribution in [2.75, 3.05) is 26.3 Å². The van der Waals surface area contributed by atoms with E-state index in [9.17, 15) is 0 Å². The number of hydrogen-bond donors (Lipinski definition) is 1. The van der Waals surface area contributed by atoms with Gasteiger partial charge >= 0.3 is 0 Å². The van der Waals surface area contributed by atoms with Gasteiger partial charge in [0.2, 0.25) is 0 Å². The molecular weight excluding hydrogens is 198 g/mol. The zero-order chi connectivity index (χ0) is 11.5. The molecule has 16 heavy (non-hydrogen) atoms. The molecule has 0 saturated carbocycles. The van der Waals surface area contributed by atoms with E-state index in [1.54, 1.807) is 0 Å². The second-order valence-corrected chi connectivity index (χ2v) is 5.03. The van der Waals surface area contributed by atoms with Gasteiger partial charge in [-0.1, -0.05) is 39.0 Å². The van der Waals surface area contributed by atoms with Gasteiger partial charge in [-0.3, -0.25) is 0 Å². The van der Waals surface area contributed by atoms with Crippen molar-refractivity contribution in [1.82, 2.24) is 5.32 Å². The van der Waals surface area contributed by atoms with Gasteiger partial charge in [0, 0.05) is 13.2 Å². The highest BCUT2D eigenvalue weighted by Crippen LogP contribution is 2.13. The Kier molecular flexibility index (Phi) is 8.83. The number of rotatable bonds is 9. The van der Waals surface area contributed by atoms with Crippen LogP contribution in [0.2, 0.25) is 0 Å². The molecule has 1 saturated heterocycles. The van der Waals surface area contributed by atoms with Crippen LogP contribution >= 0.6 is 0 Å². The smallest absolute Gasteiger partial charge is 0.0469 e. The van der Waals surface area contributed by atoms with Crippen LogP contribution in [-0.2, 0) is 4.74 Å². The van der Waals surface area contributed by atoms with Crippen LogP contribution < -0.4 is 5.32 Å². The summed E-state index contributed by atoms with van der Waals surface area (Å²) in [6.45, 7) is 6.64. The molecule has 0 amide bonds. The highest BCUT2D eigenvalue weighted by Gasteiger charge is 2.12. The van der Waals surface area contributed by atoms with Crippen molar-refractivity contribution >= 4 is 0 Å². The van der Waals surface area contributed by atoms with Gasteiger partial charge in [0.05, 0.1) is 0 Å². The Hall–Kier alpha value is -0.0800. The molecule has 1 aliphatic rings. The first-order valence-corrected chi connectivity index (χ1v) is 7.22. The summed E-state index contributed by atoms with van der Waals surface area (Å²) in [5.74, 6) is 0.869. The Morgan fingerprint density at radius 1 is 1.00 bits per heavy atom. The monoisotopic (exact) mass is 227 g/mol. The van der Waals surface area contributed by atoms with Crippen LogP contribution in [-0.4, -0.2) is 26.3 Å². The predicted octanol–water partition coefficient (Wildman–Crippen LogP) is 3.36. The lowest BCUT2D eigenvalue weighted by Gasteiger charge is -2.22. The second kappa shape index (κ2) is 10.1. The lowest BCUT2D eigenvalue weighted by Crippen LogP contribution is -2.28. The summed E-state index contributed by atoms with van der Waals surface area (Å²) in [6, 6.07) is 0. The van der Waals surface area contributed by atoms with Gasteiger partial charge in [0.1, 0.15) is 0 Å². The maximum absolute atomic E-state index is 5.35. The molecule has 2 nitrogen and oxygen atoms in total. The molecule has 96 valence electrons. The molecule has 0 bridgehead atoms. The van der Waals surface area contributed by atoms with Gasteiger partial charge in [-0.25, -0.2) is 0 Å². The van der Waals surface area contributed by atoms with E-state index in [2.05, 4.69) is 12.2 Å². The Morgan fingerprint density at radius 3 is 2.44 bits per heavy atom. The van der Waals surface area contributed by atoms with E-state index >= 15 is 0 Å². The van der Waals surface area contributed by atoms with Crippen LogP contribution in [0.5, 0.6) is 0 Å². The van der Waals surface area contributed by atoms with Gasteiger partial charge in [0.25, 0.3) is 0 Å². The summed E-state index contributed by atoms with van der Waals surface area (Å²) in [7, 11) is 0. The average Bonchev–Trinajstić information content (AvgIpc) is 2.34. The van der Waals surface area contributed by atoms with Gasteiger partial charge in [-0.2, -0.15) is 0 Å². The molecule has 0 radical (unpaired) electrons. The van der Waals surface area contributed by atoms with Crippen molar-refractivity contribution in [2.45, 2.75) is 58.3 Å². The first kappa shape index (κ1) is 14.0. The fourth-order valence-corrected chi connectivity index (χ4v) is 2.29. The van der Waals surface area contributed by atoms with Crippen LogP contribution in [0.3, 0.4) is 0 Å². The zero-order valence-corrected chi connectivity index (χ0v) is 11.0. The van der Waals surface area contributed by atoms with E-state index in [1.165, 1.54) is 64.5 Å². The lowest BCUT2D eigenvalue weighted by atomic mass is 10.0. The fraction of sp³-hybridized carbons (Fsp3) is 1.00. The molecule has 0 spiro atoms. The van der Waals surface area contributed by atoms with Crippen LogP contribution in [0, 0.1) is 5.92 Å². The molecule has 1 N–H and O–H groups in total. The topological polar surface area (TPSA) is 21.3 Å². The highest BCUT2D eigenvalue weighted by atomic mass is 16.5. The van der Waals surface area contributed by atoms with Gasteiger partial charge in [-0.05, 0) is 38.3 Å². The summed E-state index contributed by atoms with van der Waals surface area (Å²) in [5, 5.41) is 3.59. The minimum atomic E-state index is 0.869. The molecule has 0 aliphatic carbocycles. The van der Waals surface area contributed by atoms with Crippen molar-refractivity contribution in [2.24, 2.45) is 5.92 Å². The third-order valence-electron chi connectivity index (χ3n) is 3.48. The molecular formula is C14H29NO. The molecule has 0 aromatic heterocycles. The Morgan fingerprint density at radius 2 is 1.69 bits per heavy atom. The van der Waals surface area contributed by atoms with Crippen LogP contribution in [0.15, 0.2) is 0 Å². The lowest BCUT2D eigenvalue weighted by molar-refractivity contribution is 0.0663. The fourth-order valence-electron chi connectivity index (χ4n) is 2.29. The number of ether oxygens (including phenoxy) is 1. The molecule has 0 atom stereocenters. The molecule has 0 aromatic rings. The van der Waals surface area contributed by atoms with Crippen LogP contribution in [0.25, 0.3) is 0 Å². The molecule has 0 unspecified atom stereocenters. The van der Waals surface area contributed by atoms with Gasteiger partial charge < -0.3 is 10.1 Å². The Bertz CT molecular complexity index is 144. The van der Waals surface area contributed by atoms with E-state index in [0.29, 0.717) is 0 Å². The average molecular weight is 227 g/mol. The quantitative estimate of drug-likeness (QED) is 0.610. The minimum absolute atomic E-state index is 0.869. The minimum Gasteiger partial charge on any atom is -0.381 e. The molecule has 1 fully saturated rings. The first-order chi connectivity index (χ1) is 7.93. The molecule has 1 rings (SSSR count). The van der Waals surface area contributed by atoms with Gasteiger partial charge in [0.15, 0.2) is 0 Å². The van der Waals surface area contributed by atoms with Crippen molar-refractivity contribution in [3.8, 4) is 0 Å². The third kappa shape index (κ3) is 7.24. The summed E-state index contributed by atoms with van der Waals surface area (Å²) < 4.78 is 5.35. The summed E-state index contributed by atoms with van der Waals surface area (Å²) in [4.78, 5) is 0. The molecule has 2 heteroatoms. The third-order valence-corrected chi connectivity index (χ3v) is 3.48. The Balaban J connectivity index is 1.77. The van der Waals surface area contributed by atoms with Crippen molar-refractivity contribution < 1.29 is 4.74 Å².